The van der Waals surface area contributed by atoms with Crippen molar-refractivity contribution in [2.45, 2.75) is 11.8 Å². The van der Waals surface area contributed by atoms with Gasteiger partial charge in [-0.2, -0.15) is 0 Å². The lowest BCUT2D eigenvalue weighted by Gasteiger charge is -2.09. The number of fused-ring (bicyclic) bond motifs is 1. The van der Waals surface area contributed by atoms with E-state index in [1.54, 1.807) is 25.1 Å². The molecule has 3 aromatic rings. The molecule has 108 valence electrons. The third-order valence-corrected chi connectivity index (χ3v) is 5.20. The maximum absolute atomic E-state index is 13.2. The molecular weight excluding hydrogens is 315 g/mol. The van der Waals surface area contributed by atoms with E-state index in [4.69, 9.17) is 11.6 Å². The van der Waals surface area contributed by atoms with Crippen molar-refractivity contribution in [1.82, 2.24) is 8.96 Å². The normalized spacial score (nSPS) is 12.0. The smallest absolute Gasteiger partial charge is 0.237 e. The van der Waals surface area contributed by atoms with Gasteiger partial charge in [-0.1, -0.05) is 11.6 Å². The van der Waals surface area contributed by atoms with Gasteiger partial charge in [0.2, 0.25) is 0 Å². The topological polar surface area (TPSA) is 52.0 Å². The van der Waals surface area contributed by atoms with E-state index in [-0.39, 0.29) is 9.92 Å². The molecule has 21 heavy (non-hydrogen) atoms. The molecule has 0 N–H and O–H groups in total. The number of aryl methyl sites for hydroxylation is 1. The Labute approximate surface area is 125 Å². The molecule has 0 spiro atoms. The van der Waals surface area contributed by atoms with Crippen LogP contribution in [-0.4, -0.2) is 17.4 Å². The minimum absolute atomic E-state index is 0.0832. The molecule has 7 heteroatoms. The molecule has 4 nitrogen and oxygen atoms in total. The van der Waals surface area contributed by atoms with Crippen molar-refractivity contribution in [2.24, 2.45) is 0 Å². The van der Waals surface area contributed by atoms with Gasteiger partial charge in [-0.25, -0.2) is 21.8 Å². The standard InChI is InChI=1S/C14H10ClFN2O2S/c1-9-7-10-3-2-6-17-14(10)18(9)21(19,20)11-4-5-13(16)12(15)8-11/h2-8H,1H3. The monoisotopic (exact) mass is 324 g/mol. The summed E-state index contributed by atoms with van der Waals surface area (Å²) < 4.78 is 39.8. The lowest BCUT2D eigenvalue weighted by atomic mass is 10.3. The van der Waals surface area contributed by atoms with Crippen LogP contribution in [0.2, 0.25) is 5.02 Å². The highest BCUT2D eigenvalue weighted by Crippen LogP contribution is 2.26. The predicted molar refractivity (Wildman–Crippen MR) is 78.5 cm³/mol. The van der Waals surface area contributed by atoms with Crippen molar-refractivity contribution >= 4 is 32.7 Å². The number of pyridine rings is 1. The minimum atomic E-state index is -3.89. The summed E-state index contributed by atoms with van der Waals surface area (Å²) in [5, 5.41) is 0.477. The Morgan fingerprint density at radius 1 is 1.24 bits per heavy atom. The van der Waals surface area contributed by atoms with Crippen LogP contribution in [-0.2, 0) is 10.0 Å². The van der Waals surface area contributed by atoms with Gasteiger partial charge in [0.1, 0.15) is 5.82 Å². The second-order valence-corrected chi connectivity index (χ2v) is 6.74. The summed E-state index contributed by atoms with van der Waals surface area (Å²) in [5.74, 6) is -0.664. The van der Waals surface area contributed by atoms with Crippen LogP contribution < -0.4 is 0 Å². The van der Waals surface area contributed by atoms with Crippen molar-refractivity contribution in [2.75, 3.05) is 0 Å². The maximum atomic E-state index is 13.2. The highest BCUT2D eigenvalue weighted by molar-refractivity contribution is 7.90. The average molecular weight is 325 g/mol. The lowest BCUT2D eigenvalue weighted by Crippen LogP contribution is -2.15. The molecule has 0 saturated heterocycles. The largest absolute Gasteiger partial charge is 0.269 e. The first-order chi connectivity index (χ1) is 9.91. The van der Waals surface area contributed by atoms with E-state index >= 15 is 0 Å². The summed E-state index contributed by atoms with van der Waals surface area (Å²) >= 11 is 5.67. The first-order valence-electron chi connectivity index (χ1n) is 6.05. The molecule has 0 amide bonds. The van der Waals surface area contributed by atoms with E-state index in [1.807, 2.05) is 0 Å². The van der Waals surface area contributed by atoms with Crippen LogP contribution in [0.3, 0.4) is 0 Å². The maximum Gasteiger partial charge on any atom is 0.269 e. The molecule has 0 fully saturated rings. The summed E-state index contributed by atoms with van der Waals surface area (Å²) in [6.07, 6.45) is 1.52. The highest BCUT2D eigenvalue weighted by atomic mass is 35.5. The van der Waals surface area contributed by atoms with Crippen LogP contribution in [0.15, 0.2) is 47.5 Å². The van der Waals surface area contributed by atoms with Gasteiger partial charge >= 0.3 is 0 Å². The van der Waals surface area contributed by atoms with E-state index < -0.39 is 15.8 Å². The number of halogens is 2. The fourth-order valence-electron chi connectivity index (χ4n) is 2.19. The Morgan fingerprint density at radius 2 is 2.00 bits per heavy atom. The van der Waals surface area contributed by atoms with E-state index in [0.29, 0.717) is 16.7 Å². The molecule has 0 unspecified atom stereocenters. The van der Waals surface area contributed by atoms with Gasteiger partial charge < -0.3 is 0 Å². The molecule has 1 aromatic carbocycles. The van der Waals surface area contributed by atoms with Gasteiger partial charge in [0.05, 0.1) is 9.92 Å². The van der Waals surface area contributed by atoms with Crippen LogP contribution in [0.5, 0.6) is 0 Å². The predicted octanol–water partition coefficient (Wildman–Crippen LogP) is 3.37. The summed E-state index contributed by atoms with van der Waals surface area (Å²) in [6, 6.07) is 8.55. The molecule has 0 saturated carbocycles. The van der Waals surface area contributed by atoms with Gasteiger partial charge in [0.15, 0.2) is 5.65 Å². The fraction of sp³-hybridized carbons (Fsp3) is 0.0714. The lowest BCUT2D eigenvalue weighted by molar-refractivity contribution is 0.586. The Kier molecular flexibility index (Phi) is 3.22. The molecule has 2 heterocycles. The molecule has 0 bridgehead atoms. The molecule has 3 rings (SSSR count). The Bertz CT molecular complexity index is 951. The quantitative estimate of drug-likeness (QED) is 0.726. The van der Waals surface area contributed by atoms with Crippen molar-refractivity contribution in [3.8, 4) is 0 Å². The average Bonchev–Trinajstić information content (AvgIpc) is 2.78. The number of rotatable bonds is 2. The zero-order valence-corrected chi connectivity index (χ0v) is 12.5. The highest BCUT2D eigenvalue weighted by Gasteiger charge is 2.23. The number of aromatic nitrogens is 2. The molecule has 0 radical (unpaired) electrons. The third kappa shape index (κ3) is 2.20. The second-order valence-electron chi connectivity index (χ2n) is 4.55. The number of nitrogens with zero attached hydrogens (tertiary/aromatic N) is 2. The van der Waals surface area contributed by atoms with Crippen LogP contribution in [0.1, 0.15) is 5.69 Å². The summed E-state index contributed by atoms with van der Waals surface area (Å²) in [5.41, 5.74) is 0.847. The summed E-state index contributed by atoms with van der Waals surface area (Å²) in [7, 11) is -3.89. The third-order valence-electron chi connectivity index (χ3n) is 3.12. The molecular formula is C14H10ClFN2O2S. The van der Waals surface area contributed by atoms with Crippen molar-refractivity contribution in [3.63, 3.8) is 0 Å². The van der Waals surface area contributed by atoms with Gasteiger partial charge in [-0.3, -0.25) is 0 Å². The fourth-order valence-corrected chi connectivity index (χ4v) is 3.96. The second kappa shape index (κ2) is 4.82. The molecule has 0 aliphatic rings. The van der Waals surface area contributed by atoms with Crippen molar-refractivity contribution in [3.05, 3.63) is 59.1 Å². The van der Waals surface area contributed by atoms with E-state index in [2.05, 4.69) is 4.98 Å². The molecule has 0 aliphatic carbocycles. The Morgan fingerprint density at radius 3 is 2.71 bits per heavy atom. The number of hydrogen-bond donors (Lipinski definition) is 0. The molecule has 0 aliphatic heterocycles. The first-order valence-corrected chi connectivity index (χ1v) is 7.87. The Hall–Kier alpha value is -1.92. The van der Waals surface area contributed by atoms with Crippen LogP contribution in [0.4, 0.5) is 4.39 Å². The zero-order valence-electron chi connectivity index (χ0n) is 10.9. The van der Waals surface area contributed by atoms with Gasteiger partial charge in [0.25, 0.3) is 10.0 Å². The van der Waals surface area contributed by atoms with Gasteiger partial charge in [-0.15, -0.1) is 0 Å². The van der Waals surface area contributed by atoms with E-state index in [9.17, 15) is 12.8 Å². The summed E-state index contributed by atoms with van der Waals surface area (Å²) in [4.78, 5) is 4.03. The van der Waals surface area contributed by atoms with Crippen molar-refractivity contribution < 1.29 is 12.8 Å². The van der Waals surface area contributed by atoms with Crippen molar-refractivity contribution in [1.29, 1.82) is 0 Å². The summed E-state index contributed by atoms with van der Waals surface area (Å²) in [6.45, 7) is 1.67. The SMILES string of the molecule is Cc1cc2cccnc2n1S(=O)(=O)c1ccc(F)c(Cl)c1. The number of hydrogen-bond acceptors (Lipinski definition) is 3. The molecule has 2 aromatic heterocycles. The molecule has 0 atom stereocenters. The van der Waals surface area contributed by atoms with Crippen LogP contribution in [0, 0.1) is 12.7 Å². The number of benzene rings is 1. The van der Waals surface area contributed by atoms with Crippen LogP contribution in [0.25, 0.3) is 11.0 Å². The van der Waals surface area contributed by atoms with Gasteiger partial charge in [0, 0.05) is 17.3 Å². The zero-order chi connectivity index (χ0) is 15.2. The Balaban J connectivity index is 2.30. The minimum Gasteiger partial charge on any atom is -0.237 e. The van der Waals surface area contributed by atoms with E-state index in [0.717, 1.165) is 16.1 Å². The van der Waals surface area contributed by atoms with Gasteiger partial charge in [-0.05, 0) is 43.3 Å². The van der Waals surface area contributed by atoms with E-state index in [1.165, 1.54) is 12.3 Å². The first kappa shape index (κ1) is 14.0. The van der Waals surface area contributed by atoms with Crippen LogP contribution >= 0.6 is 11.6 Å².